The van der Waals surface area contributed by atoms with Gasteiger partial charge in [0.15, 0.2) is 4.80 Å². The Labute approximate surface area is 189 Å². The smallest absolute Gasteiger partial charge is 0.338 e. The molecule has 8 heteroatoms. The Bertz CT molecular complexity index is 1320. The molecule has 152 valence electrons. The van der Waals surface area contributed by atoms with Gasteiger partial charge in [-0.25, -0.2) is 9.79 Å². The van der Waals surface area contributed by atoms with Crippen molar-refractivity contribution in [1.29, 1.82) is 0 Å². The van der Waals surface area contributed by atoms with Crippen LogP contribution in [0.5, 0.6) is 0 Å². The van der Waals surface area contributed by atoms with Gasteiger partial charge in [-0.05, 0) is 42.1 Å². The van der Waals surface area contributed by atoms with Crippen molar-refractivity contribution in [2.24, 2.45) is 4.99 Å². The zero-order valence-electron chi connectivity index (χ0n) is 16.0. The van der Waals surface area contributed by atoms with Crippen molar-refractivity contribution in [1.82, 2.24) is 4.57 Å². The highest BCUT2D eigenvalue weighted by molar-refractivity contribution is 9.10. The fraction of sp³-hybridized carbons (Fsp3) is 0.136. The topological polar surface area (TPSA) is 60.7 Å². The number of aromatic nitrogens is 1. The Morgan fingerprint density at radius 3 is 2.77 bits per heavy atom. The number of allylic oxidation sites excluding steroid dienone is 1. The van der Waals surface area contributed by atoms with Crippen LogP contribution in [0, 0.1) is 0 Å². The third-order valence-corrected chi connectivity index (χ3v) is 6.99. The molecule has 0 spiro atoms. The van der Waals surface area contributed by atoms with E-state index in [0.29, 0.717) is 20.6 Å². The number of carbonyl (C=O) groups is 1. The molecule has 0 saturated heterocycles. The maximum absolute atomic E-state index is 13.4. The molecule has 3 heterocycles. The van der Waals surface area contributed by atoms with Crippen LogP contribution in [0.1, 0.15) is 23.4 Å². The molecule has 1 unspecified atom stereocenters. The average Bonchev–Trinajstić information content (AvgIpc) is 3.36. The zero-order chi connectivity index (χ0) is 21.3. The van der Waals surface area contributed by atoms with Crippen LogP contribution >= 0.6 is 38.6 Å². The minimum Gasteiger partial charge on any atom is -0.458 e. The molecule has 0 aliphatic carbocycles. The number of nitrogens with zero attached hydrogens (tertiary/aromatic N) is 2. The van der Waals surface area contributed by atoms with Crippen LogP contribution in [-0.4, -0.2) is 17.1 Å². The van der Waals surface area contributed by atoms with Crippen LogP contribution < -0.4 is 14.9 Å². The lowest BCUT2D eigenvalue weighted by atomic mass is 10.0. The van der Waals surface area contributed by atoms with Crippen LogP contribution in [0.4, 0.5) is 0 Å². The van der Waals surface area contributed by atoms with E-state index >= 15 is 0 Å². The number of hydrogen-bond donors (Lipinski definition) is 0. The lowest BCUT2D eigenvalue weighted by Gasteiger charge is -2.23. The van der Waals surface area contributed by atoms with E-state index in [0.717, 1.165) is 14.9 Å². The van der Waals surface area contributed by atoms with E-state index in [9.17, 15) is 9.59 Å². The minimum absolute atomic E-state index is 0.0980. The van der Waals surface area contributed by atoms with Gasteiger partial charge in [0.1, 0.15) is 12.6 Å². The summed E-state index contributed by atoms with van der Waals surface area (Å²) >= 11 is 6.23. The highest BCUT2D eigenvalue weighted by Crippen LogP contribution is 2.33. The van der Waals surface area contributed by atoms with Crippen molar-refractivity contribution >= 4 is 50.6 Å². The van der Waals surface area contributed by atoms with Crippen LogP contribution in [0.15, 0.2) is 80.0 Å². The summed E-state index contributed by atoms with van der Waals surface area (Å²) in [7, 11) is 0. The number of esters is 1. The van der Waals surface area contributed by atoms with Gasteiger partial charge in [-0.3, -0.25) is 9.36 Å². The highest BCUT2D eigenvalue weighted by Gasteiger charge is 2.33. The van der Waals surface area contributed by atoms with Crippen molar-refractivity contribution in [3.63, 3.8) is 0 Å². The normalized spacial score (nSPS) is 16.2. The van der Waals surface area contributed by atoms with Gasteiger partial charge in [0.25, 0.3) is 5.56 Å². The number of rotatable bonds is 5. The van der Waals surface area contributed by atoms with E-state index in [-0.39, 0.29) is 12.2 Å². The molecule has 30 heavy (non-hydrogen) atoms. The van der Waals surface area contributed by atoms with Crippen LogP contribution in [-0.2, 0) is 9.53 Å². The Morgan fingerprint density at radius 1 is 1.33 bits per heavy atom. The second-order valence-electron chi connectivity index (χ2n) is 6.54. The number of carbonyl (C=O) groups excluding carboxylic acids is 1. The SMILES string of the molecule is C=CCOC(=O)C1=C(C)N=c2s/c(=C\c3ccc(Br)cc3)c(=O)n2C1c1cccs1. The van der Waals surface area contributed by atoms with E-state index in [2.05, 4.69) is 27.5 Å². The Kier molecular flexibility index (Phi) is 5.99. The summed E-state index contributed by atoms with van der Waals surface area (Å²) in [6.07, 6.45) is 3.36. The number of thiophene rings is 1. The molecule has 0 N–H and O–H groups in total. The van der Waals surface area contributed by atoms with Crippen molar-refractivity contribution in [2.45, 2.75) is 13.0 Å². The first kappa shape index (κ1) is 20.7. The average molecular weight is 501 g/mol. The second kappa shape index (κ2) is 8.67. The van der Waals surface area contributed by atoms with Gasteiger partial charge in [0, 0.05) is 9.35 Å². The quantitative estimate of drug-likeness (QED) is 0.395. The third kappa shape index (κ3) is 3.90. The van der Waals surface area contributed by atoms with Gasteiger partial charge >= 0.3 is 5.97 Å². The van der Waals surface area contributed by atoms with E-state index in [1.807, 2.05) is 47.9 Å². The summed E-state index contributed by atoms with van der Waals surface area (Å²) in [5.74, 6) is -0.489. The molecule has 0 bridgehead atoms. The predicted molar refractivity (Wildman–Crippen MR) is 123 cm³/mol. The fourth-order valence-electron chi connectivity index (χ4n) is 3.22. The lowest BCUT2D eigenvalue weighted by molar-refractivity contribution is -0.138. The molecule has 2 aromatic heterocycles. The molecule has 1 atom stereocenters. The van der Waals surface area contributed by atoms with E-state index in [1.165, 1.54) is 28.7 Å². The molecule has 0 fully saturated rings. The summed E-state index contributed by atoms with van der Waals surface area (Å²) in [4.78, 5) is 32.2. The van der Waals surface area contributed by atoms with Gasteiger partial charge in [-0.1, -0.05) is 58.1 Å². The number of benzene rings is 1. The summed E-state index contributed by atoms with van der Waals surface area (Å²) < 4.78 is 8.43. The largest absolute Gasteiger partial charge is 0.458 e. The first-order chi connectivity index (χ1) is 14.5. The number of halogens is 1. The van der Waals surface area contributed by atoms with E-state index < -0.39 is 12.0 Å². The molecule has 1 aliphatic rings. The monoisotopic (exact) mass is 500 g/mol. The molecule has 3 aromatic rings. The first-order valence-electron chi connectivity index (χ1n) is 9.09. The van der Waals surface area contributed by atoms with Crippen LogP contribution in [0.3, 0.4) is 0 Å². The Hall–Kier alpha value is -2.55. The van der Waals surface area contributed by atoms with Gasteiger partial charge in [0.2, 0.25) is 0 Å². The Morgan fingerprint density at radius 2 is 2.10 bits per heavy atom. The zero-order valence-corrected chi connectivity index (χ0v) is 19.2. The molecule has 0 amide bonds. The number of hydrogen-bond acceptors (Lipinski definition) is 6. The maximum Gasteiger partial charge on any atom is 0.338 e. The lowest BCUT2D eigenvalue weighted by Crippen LogP contribution is -2.39. The summed E-state index contributed by atoms with van der Waals surface area (Å²) in [5.41, 5.74) is 1.67. The molecular weight excluding hydrogens is 484 g/mol. The number of ether oxygens (including phenoxy) is 1. The molecule has 5 nitrogen and oxygen atoms in total. The predicted octanol–water partition coefficient (Wildman–Crippen LogP) is 3.79. The second-order valence-corrected chi connectivity index (χ2v) is 9.44. The van der Waals surface area contributed by atoms with Gasteiger partial charge < -0.3 is 4.74 Å². The van der Waals surface area contributed by atoms with Gasteiger partial charge in [-0.2, -0.15) is 0 Å². The minimum atomic E-state index is -0.564. The van der Waals surface area contributed by atoms with E-state index in [1.54, 1.807) is 11.5 Å². The van der Waals surface area contributed by atoms with E-state index in [4.69, 9.17) is 4.74 Å². The molecule has 1 aliphatic heterocycles. The molecule has 0 radical (unpaired) electrons. The van der Waals surface area contributed by atoms with Crippen molar-refractivity contribution in [3.8, 4) is 0 Å². The first-order valence-corrected chi connectivity index (χ1v) is 11.6. The summed E-state index contributed by atoms with van der Waals surface area (Å²) in [6.45, 7) is 5.46. The van der Waals surface area contributed by atoms with Crippen molar-refractivity contribution in [3.05, 3.63) is 100 Å². The van der Waals surface area contributed by atoms with Crippen LogP contribution in [0.2, 0.25) is 0 Å². The Balaban J connectivity index is 1.90. The molecule has 0 saturated carbocycles. The number of fused-ring (bicyclic) bond motifs is 1. The van der Waals surface area contributed by atoms with Gasteiger partial charge in [-0.15, -0.1) is 11.3 Å². The maximum atomic E-state index is 13.4. The van der Waals surface area contributed by atoms with Crippen LogP contribution in [0.25, 0.3) is 6.08 Å². The van der Waals surface area contributed by atoms with Crippen molar-refractivity contribution < 1.29 is 9.53 Å². The fourth-order valence-corrected chi connectivity index (χ4v) is 5.36. The van der Waals surface area contributed by atoms with Crippen molar-refractivity contribution in [2.75, 3.05) is 6.61 Å². The molecular formula is C22H17BrN2O3S2. The number of thiazole rings is 1. The standard InChI is InChI=1S/C22H17BrN2O3S2/c1-3-10-28-21(27)18-13(2)24-22-25(19(18)16-5-4-11-29-16)20(26)17(30-22)12-14-6-8-15(23)9-7-14/h3-9,11-12,19H,1,10H2,2H3/b17-12-. The molecule has 1 aromatic carbocycles. The summed E-state index contributed by atoms with van der Waals surface area (Å²) in [5, 5.41) is 1.93. The van der Waals surface area contributed by atoms with Gasteiger partial charge in [0.05, 0.1) is 15.8 Å². The summed E-state index contributed by atoms with van der Waals surface area (Å²) in [6, 6.07) is 11.0. The molecule has 4 rings (SSSR count). The third-order valence-electron chi connectivity index (χ3n) is 4.55. The highest BCUT2D eigenvalue weighted by atomic mass is 79.9.